The molecule has 1 amide bonds. The van der Waals surface area contributed by atoms with E-state index in [1.165, 1.54) is 0 Å². The molecule has 0 aliphatic heterocycles. The number of aryl methyl sites for hydroxylation is 1. The number of aromatic nitrogens is 2. The van der Waals surface area contributed by atoms with Crippen molar-refractivity contribution in [3.05, 3.63) is 24.3 Å². The van der Waals surface area contributed by atoms with Crippen LogP contribution in [0.25, 0.3) is 11.0 Å². The standard InChI is InChI=1S/C14H18N4O/c15-14-17-11-4-1-2-5-12(11)18(14)9-3-6-13(19)16-10-7-8-10/h1-2,4-5,10H,3,6-9H2,(H2,15,17)(H,16,19). The van der Waals surface area contributed by atoms with Gasteiger partial charge in [0.2, 0.25) is 11.9 Å². The molecule has 1 saturated carbocycles. The van der Waals surface area contributed by atoms with Crippen LogP contribution in [0.3, 0.4) is 0 Å². The van der Waals surface area contributed by atoms with Gasteiger partial charge in [0, 0.05) is 19.0 Å². The number of amides is 1. The second-order valence-electron chi connectivity index (χ2n) is 5.06. The lowest BCUT2D eigenvalue weighted by atomic mass is 10.2. The first-order valence-electron chi connectivity index (χ1n) is 6.74. The number of nitrogen functional groups attached to an aromatic ring is 1. The zero-order valence-corrected chi connectivity index (χ0v) is 10.8. The van der Waals surface area contributed by atoms with Crippen LogP contribution in [0.15, 0.2) is 24.3 Å². The van der Waals surface area contributed by atoms with Gasteiger partial charge >= 0.3 is 0 Å². The Morgan fingerprint density at radius 3 is 3.00 bits per heavy atom. The number of imidazole rings is 1. The fraction of sp³-hybridized carbons (Fsp3) is 0.429. The third kappa shape index (κ3) is 2.70. The number of hydrogen-bond donors (Lipinski definition) is 2. The third-order valence-corrected chi connectivity index (χ3v) is 3.41. The van der Waals surface area contributed by atoms with Crippen LogP contribution < -0.4 is 11.1 Å². The van der Waals surface area contributed by atoms with Crippen molar-refractivity contribution in [1.29, 1.82) is 0 Å². The minimum atomic E-state index is 0.144. The SMILES string of the molecule is Nc1nc2ccccc2n1CCCC(=O)NC1CC1. The molecule has 0 bridgehead atoms. The van der Waals surface area contributed by atoms with E-state index in [0.717, 1.165) is 36.8 Å². The van der Waals surface area contributed by atoms with E-state index in [1.54, 1.807) is 0 Å². The minimum absolute atomic E-state index is 0.144. The summed E-state index contributed by atoms with van der Waals surface area (Å²) in [6.45, 7) is 0.727. The summed E-state index contributed by atoms with van der Waals surface area (Å²) in [4.78, 5) is 15.9. The summed E-state index contributed by atoms with van der Waals surface area (Å²) >= 11 is 0. The number of hydrogen-bond acceptors (Lipinski definition) is 3. The van der Waals surface area contributed by atoms with Crippen molar-refractivity contribution in [3.63, 3.8) is 0 Å². The lowest BCUT2D eigenvalue weighted by Crippen LogP contribution is -2.25. The van der Waals surface area contributed by atoms with E-state index in [-0.39, 0.29) is 5.91 Å². The molecule has 0 unspecified atom stereocenters. The molecule has 3 rings (SSSR count). The Balaban J connectivity index is 1.61. The van der Waals surface area contributed by atoms with E-state index >= 15 is 0 Å². The fourth-order valence-corrected chi connectivity index (χ4v) is 2.25. The van der Waals surface area contributed by atoms with Crippen molar-refractivity contribution in [2.45, 2.75) is 38.3 Å². The molecule has 0 radical (unpaired) electrons. The molecule has 1 aliphatic carbocycles. The van der Waals surface area contributed by atoms with Crippen LogP contribution in [-0.2, 0) is 11.3 Å². The molecule has 1 fully saturated rings. The number of nitrogens with one attached hydrogen (secondary N) is 1. The quantitative estimate of drug-likeness (QED) is 0.857. The van der Waals surface area contributed by atoms with Gasteiger partial charge in [0.15, 0.2) is 0 Å². The van der Waals surface area contributed by atoms with Crippen LogP contribution >= 0.6 is 0 Å². The topological polar surface area (TPSA) is 72.9 Å². The lowest BCUT2D eigenvalue weighted by molar-refractivity contribution is -0.121. The van der Waals surface area contributed by atoms with E-state index < -0.39 is 0 Å². The van der Waals surface area contributed by atoms with Crippen molar-refractivity contribution in [3.8, 4) is 0 Å². The van der Waals surface area contributed by atoms with Gasteiger partial charge < -0.3 is 15.6 Å². The van der Waals surface area contributed by atoms with Gasteiger partial charge in [-0.25, -0.2) is 4.98 Å². The van der Waals surface area contributed by atoms with Gasteiger partial charge in [-0.3, -0.25) is 4.79 Å². The summed E-state index contributed by atoms with van der Waals surface area (Å²) in [7, 11) is 0. The summed E-state index contributed by atoms with van der Waals surface area (Å²) in [6, 6.07) is 8.30. The van der Waals surface area contributed by atoms with Crippen molar-refractivity contribution in [2.75, 3.05) is 5.73 Å². The maximum absolute atomic E-state index is 11.6. The number of carbonyl (C=O) groups is 1. The smallest absolute Gasteiger partial charge is 0.220 e. The second kappa shape index (κ2) is 4.91. The van der Waals surface area contributed by atoms with Gasteiger partial charge in [-0.05, 0) is 31.4 Å². The first-order chi connectivity index (χ1) is 9.24. The van der Waals surface area contributed by atoms with Gasteiger partial charge in [-0.15, -0.1) is 0 Å². The first-order valence-corrected chi connectivity index (χ1v) is 6.74. The summed E-state index contributed by atoms with van der Waals surface area (Å²) < 4.78 is 1.97. The highest BCUT2D eigenvalue weighted by molar-refractivity contribution is 5.78. The van der Waals surface area contributed by atoms with Gasteiger partial charge in [0.1, 0.15) is 0 Å². The van der Waals surface area contributed by atoms with Crippen LogP contribution in [0.1, 0.15) is 25.7 Å². The molecule has 5 nitrogen and oxygen atoms in total. The molecule has 1 heterocycles. The molecule has 1 aliphatic rings. The second-order valence-corrected chi connectivity index (χ2v) is 5.06. The number of nitrogens with two attached hydrogens (primary N) is 1. The van der Waals surface area contributed by atoms with Gasteiger partial charge in [-0.1, -0.05) is 12.1 Å². The Kier molecular flexibility index (Phi) is 3.11. The number of carbonyl (C=O) groups excluding carboxylic acids is 1. The third-order valence-electron chi connectivity index (χ3n) is 3.41. The Morgan fingerprint density at radius 1 is 1.42 bits per heavy atom. The zero-order valence-electron chi connectivity index (χ0n) is 10.8. The summed E-state index contributed by atoms with van der Waals surface area (Å²) in [6.07, 6.45) is 3.58. The molecule has 0 atom stereocenters. The average molecular weight is 258 g/mol. The largest absolute Gasteiger partial charge is 0.369 e. The van der Waals surface area contributed by atoms with Crippen molar-refractivity contribution in [2.24, 2.45) is 0 Å². The highest BCUT2D eigenvalue weighted by Crippen LogP contribution is 2.20. The summed E-state index contributed by atoms with van der Waals surface area (Å²) in [5, 5.41) is 2.99. The van der Waals surface area contributed by atoms with Crippen LogP contribution in [0, 0.1) is 0 Å². The van der Waals surface area contributed by atoms with Crippen LogP contribution in [0.4, 0.5) is 5.95 Å². The highest BCUT2D eigenvalue weighted by Gasteiger charge is 2.22. The van der Waals surface area contributed by atoms with Crippen molar-refractivity contribution >= 4 is 22.9 Å². The van der Waals surface area contributed by atoms with E-state index in [4.69, 9.17) is 5.73 Å². The normalized spacial score (nSPS) is 14.7. The Bertz CT molecular complexity index is 601. The molecule has 1 aromatic heterocycles. The maximum Gasteiger partial charge on any atom is 0.220 e. The number of para-hydroxylation sites is 2. The first kappa shape index (κ1) is 12.0. The molecule has 100 valence electrons. The van der Waals surface area contributed by atoms with Crippen molar-refractivity contribution < 1.29 is 4.79 Å². The zero-order chi connectivity index (χ0) is 13.2. The number of fused-ring (bicyclic) bond motifs is 1. The Labute approximate surface area is 111 Å². The lowest BCUT2D eigenvalue weighted by Gasteiger charge is -2.06. The molecule has 1 aromatic carbocycles. The monoisotopic (exact) mass is 258 g/mol. The summed E-state index contributed by atoms with van der Waals surface area (Å²) in [5.41, 5.74) is 7.85. The fourth-order valence-electron chi connectivity index (χ4n) is 2.25. The van der Waals surface area contributed by atoms with E-state index in [9.17, 15) is 4.79 Å². The maximum atomic E-state index is 11.6. The molecule has 2 aromatic rings. The van der Waals surface area contributed by atoms with Crippen LogP contribution in [0.2, 0.25) is 0 Å². The predicted molar refractivity (Wildman–Crippen MR) is 74.5 cm³/mol. The highest BCUT2D eigenvalue weighted by atomic mass is 16.1. The Hall–Kier alpha value is -2.04. The average Bonchev–Trinajstić information content (AvgIpc) is 3.14. The van der Waals surface area contributed by atoms with Gasteiger partial charge in [0.05, 0.1) is 11.0 Å². The Morgan fingerprint density at radius 2 is 2.21 bits per heavy atom. The van der Waals surface area contributed by atoms with Crippen LogP contribution in [0.5, 0.6) is 0 Å². The molecule has 5 heteroatoms. The van der Waals surface area contributed by atoms with Gasteiger partial charge in [0.25, 0.3) is 0 Å². The molecule has 3 N–H and O–H groups in total. The molecule has 0 spiro atoms. The van der Waals surface area contributed by atoms with Crippen LogP contribution in [-0.4, -0.2) is 21.5 Å². The number of anilines is 1. The van der Waals surface area contributed by atoms with E-state index in [1.807, 2.05) is 28.8 Å². The predicted octanol–water partition coefficient (Wildman–Crippen LogP) is 1.68. The van der Waals surface area contributed by atoms with E-state index in [0.29, 0.717) is 18.4 Å². The van der Waals surface area contributed by atoms with Gasteiger partial charge in [-0.2, -0.15) is 0 Å². The molecular weight excluding hydrogens is 240 g/mol. The number of rotatable bonds is 5. The molecular formula is C14H18N4O. The number of benzene rings is 1. The number of nitrogens with zero attached hydrogens (tertiary/aromatic N) is 2. The van der Waals surface area contributed by atoms with E-state index in [2.05, 4.69) is 10.3 Å². The minimum Gasteiger partial charge on any atom is -0.369 e. The molecule has 0 saturated heterocycles. The summed E-state index contributed by atoms with van der Waals surface area (Å²) in [5.74, 6) is 0.661. The molecule has 19 heavy (non-hydrogen) atoms. The van der Waals surface area contributed by atoms with Crippen molar-refractivity contribution in [1.82, 2.24) is 14.9 Å².